The predicted molar refractivity (Wildman–Crippen MR) is 56.9 cm³/mol. The molecule has 2 atom stereocenters. The molecule has 94 valence electrons. The Morgan fingerprint density at radius 3 is 2.82 bits per heavy atom. The average Bonchev–Trinajstić information content (AvgIpc) is 2.60. The van der Waals surface area contributed by atoms with Gasteiger partial charge < -0.3 is 15.5 Å². The second kappa shape index (κ2) is 6.18. The summed E-state index contributed by atoms with van der Waals surface area (Å²) in [7, 11) is 0. The van der Waals surface area contributed by atoms with Gasteiger partial charge in [-0.1, -0.05) is 0 Å². The molecule has 1 heterocycles. The Bertz CT molecular complexity index is 339. The molecule has 17 heavy (non-hydrogen) atoms. The molecule has 0 radical (unpaired) electrons. The number of carboxylic acids is 1. The number of aliphatic hydroxyl groups is 1. The fourth-order valence-corrected chi connectivity index (χ4v) is 1.81. The fourth-order valence-electron chi connectivity index (χ4n) is 1.81. The highest BCUT2D eigenvalue weighted by molar-refractivity contribution is 5.80. The van der Waals surface area contributed by atoms with Crippen molar-refractivity contribution in [1.29, 1.82) is 5.26 Å². The van der Waals surface area contributed by atoms with E-state index in [4.69, 9.17) is 10.4 Å². The summed E-state index contributed by atoms with van der Waals surface area (Å²) in [6.07, 6.45) is -0.347. The van der Waals surface area contributed by atoms with Crippen LogP contribution in [-0.4, -0.2) is 58.8 Å². The molecule has 1 rings (SSSR count). The molecule has 0 aromatic heterocycles. The zero-order valence-electron chi connectivity index (χ0n) is 9.30. The molecular formula is C10H15N3O4. The minimum absolute atomic E-state index is 0.0700. The summed E-state index contributed by atoms with van der Waals surface area (Å²) < 4.78 is 0. The van der Waals surface area contributed by atoms with Crippen molar-refractivity contribution in [3.63, 3.8) is 0 Å². The van der Waals surface area contributed by atoms with Crippen LogP contribution in [0.25, 0.3) is 0 Å². The SMILES string of the molecule is N#CCCNC(=O)CN1CC(O)CC1C(=O)O. The highest BCUT2D eigenvalue weighted by atomic mass is 16.4. The Kier molecular flexibility index (Phi) is 4.87. The van der Waals surface area contributed by atoms with Crippen LogP contribution in [0.4, 0.5) is 0 Å². The molecule has 7 nitrogen and oxygen atoms in total. The summed E-state index contributed by atoms with van der Waals surface area (Å²) in [6, 6.07) is 1.08. The lowest BCUT2D eigenvalue weighted by atomic mass is 10.2. The van der Waals surface area contributed by atoms with E-state index in [1.54, 1.807) is 0 Å². The molecule has 1 amide bonds. The van der Waals surface area contributed by atoms with Crippen molar-refractivity contribution in [3.05, 3.63) is 0 Å². The Hall–Kier alpha value is -1.65. The lowest BCUT2D eigenvalue weighted by molar-refractivity contribution is -0.142. The van der Waals surface area contributed by atoms with Gasteiger partial charge in [0.05, 0.1) is 25.1 Å². The first-order valence-electron chi connectivity index (χ1n) is 5.33. The molecular weight excluding hydrogens is 226 g/mol. The first-order valence-corrected chi connectivity index (χ1v) is 5.33. The van der Waals surface area contributed by atoms with Gasteiger partial charge in [0.25, 0.3) is 0 Å². The smallest absolute Gasteiger partial charge is 0.321 e. The third-order valence-corrected chi connectivity index (χ3v) is 2.57. The molecule has 2 unspecified atom stereocenters. The largest absolute Gasteiger partial charge is 0.480 e. The van der Waals surface area contributed by atoms with Crippen molar-refractivity contribution < 1.29 is 19.8 Å². The summed E-state index contributed by atoms with van der Waals surface area (Å²) in [4.78, 5) is 23.7. The van der Waals surface area contributed by atoms with Crippen molar-refractivity contribution >= 4 is 11.9 Å². The standard InChI is InChI=1S/C10H15N3O4/c11-2-1-3-12-9(15)6-13-5-7(14)4-8(13)10(16)17/h7-8,14H,1,3-6H2,(H,12,15)(H,16,17). The number of β-amino-alcohol motifs (C(OH)–C–C–N with tert-alkyl or cyclic N) is 1. The third kappa shape index (κ3) is 4.01. The second-order valence-electron chi connectivity index (χ2n) is 3.93. The van der Waals surface area contributed by atoms with Crippen LogP contribution in [-0.2, 0) is 9.59 Å². The number of likely N-dealkylation sites (tertiary alicyclic amines) is 1. The maximum atomic E-state index is 11.4. The van der Waals surface area contributed by atoms with Crippen LogP contribution in [0, 0.1) is 11.3 Å². The molecule has 0 aromatic carbocycles. The summed E-state index contributed by atoms with van der Waals surface area (Å²) >= 11 is 0. The van der Waals surface area contributed by atoms with Crippen molar-refractivity contribution in [3.8, 4) is 6.07 Å². The topological polar surface area (TPSA) is 114 Å². The minimum atomic E-state index is -1.04. The molecule has 1 aliphatic heterocycles. The van der Waals surface area contributed by atoms with E-state index >= 15 is 0 Å². The van der Waals surface area contributed by atoms with E-state index in [0.29, 0.717) is 0 Å². The van der Waals surface area contributed by atoms with Crippen molar-refractivity contribution in [2.24, 2.45) is 0 Å². The second-order valence-corrected chi connectivity index (χ2v) is 3.93. The van der Waals surface area contributed by atoms with Crippen molar-refractivity contribution in [2.45, 2.75) is 25.0 Å². The third-order valence-electron chi connectivity index (χ3n) is 2.57. The number of aliphatic carboxylic acids is 1. The Morgan fingerprint density at radius 2 is 2.24 bits per heavy atom. The number of rotatable bonds is 5. The van der Waals surface area contributed by atoms with Gasteiger partial charge in [-0.3, -0.25) is 14.5 Å². The number of nitriles is 1. The lowest BCUT2D eigenvalue weighted by Crippen LogP contribution is -2.43. The summed E-state index contributed by atoms with van der Waals surface area (Å²) in [6.45, 7) is 0.367. The number of nitrogens with zero attached hydrogens (tertiary/aromatic N) is 2. The van der Waals surface area contributed by atoms with Gasteiger partial charge in [0.2, 0.25) is 5.91 Å². The van der Waals surface area contributed by atoms with Crippen molar-refractivity contribution in [1.82, 2.24) is 10.2 Å². The van der Waals surface area contributed by atoms with E-state index in [-0.39, 0.29) is 38.4 Å². The van der Waals surface area contributed by atoms with Gasteiger partial charge in [-0.25, -0.2) is 0 Å². The Balaban J connectivity index is 2.41. The molecule has 1 aliphatic rings. The summed E-state index contributed by atoms with van der Waals surface area (Å²) in [5.74, 6) is -1.37. The fraction of sp³-hybridized carbons (Fsp3) is 0.700. The van der Waals surface area contributed by atoms with Gasteiger partial charge in [-0.05, 0) is 0 Å². The Labute approximate surface area is 98.6 Å². The normalized spacial score (nSPS) is 24.2. The van der Waals surface area contributed by atoms with E-state index in [0.717, 1.165) is 0 Å². The maximum Gasteiger partial charge on any atom is 0.321 e. The van der Waals surface area contributed by atoms with Crippen LogP contribution in [0.15, 0.2) is 0 Å². The number of carbonyl (C=O) groups excluding carboxylic acids is 1. The van der Waals surface area contributed by atoms with E-state index in [9.17, 15) is 14.7 Å². The van der Waals surface area contributed by atoms with Gasteiger partial charge >= 0.3 is 5.97 Å². The lowest BCUT2D eigenvalue weighted by Gasteiger charge is -2.19. The summed E-state index contributed by atoms with van der Waals surface area (Å²) in [5.41, 5.74) is 0. The van der Waals surface area contributed by atoms with Crippen LogP contribution >= 0.6 is 0 Å². The van der Waals surface area contributed by atoms with E-state index in [1.165, 1.54) is 4.90 Å². The molecule has 3 N–H and O–H groups in total. The minimum Gasteiger partial charge on any atom is -0.480 e. The van der Waals surface area contributed by atoms with Crippen LogP contribution in [0.1, 0.15) is 12.8 Å². The molecule has 0 bridgehead atoms. The van der Waals surface area contributed by atoms with Gasteiger partial charge in [-0.15, -0.1) is 0 Å². The zero-order chi connectivity index (χ0) is 12.8. The number of aliphatic hydroxyl groups excluding tert-OH is 1. The van der Waals surface area contributed by atoms with E-state index in [1.807, 2.05) is 6.07 Å². The first-order chi connectivity index (χ1) is 8.04. The molecule has 1 fully saturated rings. The van der Waals surface area contributed by atoms with Crippen molar-refractivity contribution in [2.75, 3.05) is 19.6 Å². The van der Waals surface area contributed by atoms with Crippen LogP contribution < -0.4 is 5.32 Å². The number of amides is 1. The van der Waals surface area contributed by atoms with E-state index < -0.39 is 18.1 Å². The Morgan fingerprint density at radius 1 is 1.53 bits per heavy atom. The van der Waals surface area contributed by atoms with Gasteiger partial charge in [0.15, 0.2) is 0 Å². The molecule has 0 spiro atoms. The average molecular weight is 241 g/mol. The van der Waals surface area contributed by atoms with Crippen LogP contribution in [0.3, 0.4) is 0 Å². The van der Waals surface area contributed by atoms with Gasteiger partial charge in [-0.2, -0.15) is 5.26 Å². The zero-order valence-corrected chi connectivity index (χ0v) is 9.30. The van der Waals surface area contributed by atoms with Gasteiger partial charge in [0, 0.05) is 19.5 Å². The first kappa shape index (κ1) is 13.4. The monoisotopic (exact) mass is 241 g/mol. The predicted octanol–water partition coefficient (Wildman–Crippen LogP) is -1.46. The molecule has 0 aliphatic carbocycles. The summed E-state index contributed by atoms with van der Waals surface area (Å²) in [5, 5.41) is 29.1. The highest BCUT2D eigenvalue weighted by Gasteiger charge is 2.36. The number of hydrogen-bond donors (Lipinski definition) is 3. The number of carbonyl (C=O) groups is 2. The molecule has 0 aromatic rings. The number of nitrogens with one attached hydrogen (secondary N) is 1. The quantitative estimate of drug-likeness (QED) is 0.507. The number of carboxylic acid groups (broad SMARTS) is 1. The van der Waals surface area contributed by atoms with Gasteiger partial charge in [0.1, 0.15) is 6.04 Å². The molecule has 7 heteroatoms. The molecule has 0 saturated carbocycles. The maximum absolute atomic E-state index is 11.4. The van der Waals surface area contributed by atoms with Crippen LogP contribution in [0.5, 0.6) is 0 Å². The molecule has 1 saturated heterocycles. The van der Waals surface area contributed by atoms with Crippen LogP contribution in [0.2, 0.25) is 0 Å². The van der Waals surface area contributed by atoms with E-state index in [2.05, 4.69) is 5.32 Å². The number of hydrogen-bond acceptors (Lipinski definition) is 5. The highest BCUT2D eigenvalue weighted by Crippen LogP contribution is 2.17.